The molecule has 652 valence electrons. The Hall–Kier alpha value is -11.8. The van der Waals surface area contributed by atoms with Crippen LogP contribution < -0.4 is 62.8 Å². The molecule has 3 fully saturated rings. The summed E-state index contributed by atoms with van der Waals surface area (Å²) in [5, 5.41) is 0. The van der Waals surface area contributed by atoms with Gasteiger partial charge in [-0.3, -0.25) is 0 Å². The van der Waals surface area contributed by atoms with Crippen LogP contribution in [0.2, 0.25) is 0 Å². The quantitative estimate of drug-likeness (QED) is 0.0305. The highest BCUT2D eigenvalue weighted by molar-refractivity contribution is 7.91. The van der Waals surface area contributed by atoms with Gasteiger partial charge in [-0.05, 0) is 343 Å². The molecule has 15 rings (SSSR count). The Morgan fingerprint density at radius 3 is 0.887 bits per heavy atom. The lowest BCUT2D eigenvalue weighted by Gasteiger charge is -2.38. The molecule has 0 bridgehead atoms. The van der Waals surface area contributed by atoms with E-state index in [1.165, 1.54) is 131 Å². The summed E-state index contributed by atoms with van der Waals surface area (Å²) in [5.74, 6) is 9.89. The van der Waals surface area contributed by atoms with Gasteiger partial charge < -0.3 is 62.8 Å². The van der Waals surface area contributed by atoms with Crippen LogP contribution in [-0.4, -0.2) is 47.3 Å². The summed E-state index contributed by atoms with van der Waals surface area (Å²) in [6, 6.07) is 76.4. The maximum Gasteiger partial charge on any atom is 0.411 e. The van der Waals surface area contributed by atoms with Crippen molar-refractivity contribution in [1.82, 2.24) is 0 Å². The second kappa shape index (κ2) is 42.1. The van der Waals surface area contributed by atoms with E-state index >= 15 is 0 Å². The highest BCUT2D eigenvalue weighted by atomic mass is 32.2. The highest BCUT2D eigenvalue weighted by Crippen LogP contribution is 2.57. The molecule has 0 heterocycles. The molecule has 8 atom stereocenters. The van der Waals surface area contributed by atoms with E-state index in [-0.39, 0.29) is 31.1 Å². The number of anilines is 3. The smallest absolute Gasteiger partial charge is 0.411 e. The largest absolute Gasteiger partial charge is 0.457 e. The van der Waals surface area contributed by atoms with Crippen molar-refractivity contribution in [2.75, 3.05) is 17.2 Å². The monoisotopic (exact) mass is 1730 g/mol. The molecule has 0 amide bonds. The Morgan fingerprint density at radius 2 is 0.605 bits per heavy atom. The second-order valence-electron chi connectivity index (χ2n) is 32.4. The van der Waals surface area contributed by atoms with E-state index in [9.17, 15) is 43.2 Å². The summed E-state index contributed by atoms with van der Waals surface area (Å²) in [4.78, 5) is 0.744. The fourth-order valence-corrected chi connectivity index (χ4v) is 17.9. The number of ether oxygens (including phenoxy) is 6. The summed E-state index contributed by atoms with van der Waals surface area (Å²) in [7, 11) is -7.32. The third-order valence-corrected chi connectivity index (χ3v) is 25.9. The summed E-state index contributed by atoms with van der Waals surface area (Å²) in [6.07, 6.45) is 3.21. The maximum absolute atomic E-state index is 14.4. The number of halogens is 6. The molecule has 12 aromatic rings. The van der Waals surface area contributed by atoms with Crippen LogP contribution in [0.4, 0.5) is 43.4 Å². The summed E-state index contributed by atoms with van der Waals surface area (Å²) in [6.45, 7) is 12.8. The van der Waals surface area contributed by atoms with Crippen LogP contribution in [0.25, 0.3) is 0 Å². The van der Waals surface area contributed by atoms with E-state index in [0.717, 1.165) is 94.8 Å². The molecule has 0 radical (unpaired) electrons. The molecule has 0 aliphatic heterocycles. The SMILES string of the molecule is CC1CC(CC2CCC(N)C(C)C2)CCC1N.CC1CCCC(N)C1.Cc1ccc(Oc2ccc(C(c3ccc(Oc4ccc(N)cc4)cc3)(C(F)(F)F)C(F)(F)F)cc2)cc1.Cc1ccc(Oc2ccc(S(=O)(=O)c3ccc(Oc4ccc(N)cc4)cc3)cc2)cc1.Cc1cccc(Oc2ccc(S(=O)(=O)c3ccc(Oc4cccc(N)c4)cc3)cc2)c1. The molecule has 12 N–H and O–H groups in total. The van der Waals surface area contributed by atoms with Gasteiger partial charge >= 0.3 is 12.4 Å². The van der Waals surface area contributed by atoms with Gasteiger partial charge in [-0.2, -0.15) is 26.3 Å². The minimum absolute atomic E-state index is 0.0635. The fourth-order valence-electron chi connectivity index (χ4n) is 15.3. The van der Waals surface area contributed by atoms with E-state index in [4.69, 9.17) is 62.8 Å². The normalized spacial score (nSPS) is 18.4. The highest BCUT2D eigenvalue weighted by Gasteiger charge is 2.72. The number of nitrogens with two attached hydrogens (primary N) is 6. The van der Waals surface area contributed by atoms with Crippen molar-refractivity contribution < 1.29 is 71.6 Å². The molecule has 8 unspecified atom stereocenters. The molecule has 16 nitrogen and oxygen atoms in total. The number of rotatable bonds is 20. The van der Waals surface area contributed by atoms with Gasteiger partial charge in [0.2, 0.25) is 25.1 Å². The minimum Gasteiger partial charge on any atom is -0.457 e. The Labute approximate surface area is 723 Å². The lowest BCUT2D eigenvalue weighted by Crippen LogP contribution is -2.54. The van der Waals surface area contributed by atoms with Crippen LogP contribution in [0.3, 0.4) is 0 Å². The maximum atomic E-state index is 14.4. The van der Waals surface area contributed by atoms with Gasteiger partial charge in [0.1, 0.15) is 69.0 Å². The zero-order valence-corrected chi connectivity index (χ0v) is 71.9. The molecule has 12 aromatic carbocycles. The Bertz CT molecular complexity index is 5280. The number of sulfone groups is 2. The van der Waals surface area contributed by atoms with Crippen LogP contribution in [0.1, 0.15) is 119 Å². The number of hydrogen-bond donors (Lipinski definition) is 6. The van der Waals surface area contributed by atoms with Crippen LogP contribution in [0.15, 0.2) is 311 Å². The van der Waals surface area contributed by atoms with Crippen molar-refractivity contribution in [3.05, 3.63) is 319 Å². The van der Waals surface area contributed by atoms with Gasteiger partial charge in [0, 0.05) is 41.3 Å². The Morgan fingerprint density at radius 1 is 0.315 bits per heavy atom. The second-order valence-corrected chi connectivity index (χ2v) is 36.3. The zero-order valence-electron chi connectivity index (χ0n) is 70.2. The van der Waals surface area contributed by atoms with Crippen molar-refractivity contribution in [2.24, 2.45) is 46.8 Å². The third kappa shape index (κ3) is 25.7. The van der Waals surface area contributed by atoms with Gasteiger partial charge in [-0.1, -0.05) is 111 Å². The van der Waals surface area contributed by atoms with Crippen LogP contribution in [0.5, 0.6) is 69.0 Å². The van der Waals surface area contributed by atoms with Crippen molar-refractivity contribution in [3.8, 4) is 69.0 Å². The fraction of sp³-hybridized carbons (Fsp3) is 0.280. The van der Waals surface area contributed by atoms with Gasteiger partial charge in [0.15, 0.2) is 0 Å². The van der Waals surface area contributed by atoms with Crippen molar-refractivity contribution in [3.63, 3.8) is 0 Å². The zero-order chi connectivity index (χ0) is 88.9. The van der Waals surface area contributed by atoms with E-state index < -0.39 is 48.6 Å². The Kier molecular flexibility index (Phi) is 31.5. The number of hydrogen-bond acceptors (Lipinski definition) is 16. The molecule has 0 aromatic heterocycles. The molecular weight excluding hydrogens is 1620 g/mol. The lowest BCUT2D eigenvalue weighted by atomic mass is 9.71. The molecule has 24 heteroatoms. The van der Waals surface area contributed by atoms with Crippen LogP contribution in [-0.2, 0) is 25.1 Å². The Balaban J connectivity index is 0.000000159. The number of benzene rings is 12. The standard InChI is InChI=1S/C28H21F6NO2.2C25H21NO4S.C15H30N2.C7H15N/c1-18-2-10-22(11-3-18)36-23-12-4-19(5-13-23)26(27(29,30)31,28(32,33)34)20-6-14-24(15-7-20)37-25-16-8-21(35)9-17-25;1-18-2-6-20(7-3-18)29-22-10-14-24(15-11-22)31(27,28)25-16-12-23(13-17-25)30-21-8-4-19(26)5-9-21;1-18-4-2-6-22(16-18)29-20-8-12-24(13-9-20)31(27,28)25-14-10-21(11-15-25)30-23-7-3-5-19(26)17-23;1-10-7-12(3-5-14(10)16)9-13-4-6-15(17)11(2)8-13;1-6-3-2-4-7(8)5-6/h2-17H,35H2,1H3;2*2-17H,26H2,1H3;10-15H,3-9,16-17H2,1-2H3;6-7H,2-5,8H2,1H3. The molecule has 3 saturated carbocycles. The van der Waals surface area contributed by atoms with Crippen molar-refractivity contribution >= 4 is 36.7 Å². The first-order valence-corrected chi connectivity index (χ1v) is 44.4. The number of nitrogen functional groups attached to an aromatic ring is 3. The molecule has 124 heavy (non-hydrogen) atoms. The molecule has 0 spiro atoms. The molecular formula is C100H108F6N6O10S2. The van der Waals surface area contributed by atoms with E-state index in [1.807, 2.05) is 69.3 Å². The first-order chi connectivity index (χ1) is 59.0. The molecule has 3 aliphatic carbocycles. The average molecular weight is 1730 g/mol. The van der Waals surface area contributed by atoms with Crippen molar-refractivity contribution in [2.45, 2.75) is 168 Å². The van der Waals surface area contributed by atoms with Crippen molar-refractivity contribution in [1.29, 1.82) is 0 Å². The van der Waals surface area contributed by atoms with Gasteiger partial charge in [0.25, 0.3) is 0 Å². The predicted octanol–water partition coefficient (Wildman–Crippen LogP) is 25.0. The topological polar surface area (TPSA) is 280 Å². The van der Waals surface area contributed by atoms with E-state index in [2.05, 4.69) is 20.8 Å². The first kappa shape index (κ1) is 92.9. The molecule has 0 saturated heterocycles. The third-order valence-electron chi connectivity index (χ3n) is 22.4. The van der Waals surface area contributed by atoms with Gasteiger partial charge in [-0.25, -0.2) is 16.8 Å². The predicted molar refractivity (Wildman–Crippen MR) is 478 cm³/mol. The van der Waals surface area contributed by atoms with Gasteiger partial charge in [-0.15, -0.1) is 0 Å². The van der Waals surface area contributed by atoms with Crippen LogP contribution >= 0.6 is 0 Å². The molecule has 3 aliphatic rings. The van der Waals surface area contributed by atoms with E-state index in [0.29, 0.717) is 92.7 Å². The average Bonchev–Trinajstić information content (AvgIpc) is 0.715. The van der Waals surface area contributed by atoms with E-state index in [1.54, 1.807) is 133 Å². The van der Waals surface area contributed by atoms with Crippen LogP contribution in [0, 0.1) is 50.4 Å². The number of aryl methyl sites for hydroxylation is 3. The summed E-state index contributed by atoms with van der Waals surface area (Å²) in [5.41, 5.74) is 33.6. The lowest BCUT2D eigenvalue weighted by molar-refractivity contribution is -0.288. The summed E-state index contributed by atoms with van der Waals surface area (Å²) < 4.78 is 172. The number of alkyl halides is 6. The minimum atomic E-state index is -5.70. The summed E-state index contributed by atoms with van der Waals surface area (Å²) >= 11 is 0. The first-order valence-electron chi connectivity index (χ1n) is 41.4. The van der Waals surface area contributed by atoms with Gasteiger partial charge in [0.05, 0.1) is 19.6 Å².